The molecule has 0 saturated heterocycles. The monoisotopic (exact) mass is 243 g/mol. The second-order valence-electron chi connectivity index (χ2n) is 2.84. The largest absolute Gasteiger partial charge is 0.329 e. The lowest BCUT2D eigenvalue weighted by atomic mass is 11.3. The zero-order valence-electron chi connectivity index (χ0n) is 6.03. The summed E-state index contributed by atoms with van der Waals surface area (Å²) in [5.41, 5.74) is 0. The highest BCUT2D eigenvalue weighted by Crippen LogP contribution is 2.07. The molecule has 0 aliphatic carbocycles. The third-order valence-corrected chi connectivity index (χ3v) is 10.2. The molecule has 8 heavy (non-hydrogen) atoms. The van der Waals surface area contributed by atoms with Crippen molar-refractivity contribution in [2.75, 3.05) is 18.1 Å². The van der Waals surface area contributed by atoms with Gasteiger partial charge in [-0.25, -0.2) is 0 Å². The molecule has 0 aromatic carbocycles. The average Bonchev–Trinajstić information content (AvgIpc) is 1.67. The molecule has 0 rings (SSSR count). The van der Waals surface area contributed by atoms with Gasteiger partial charge < -0.3 is 4.57 Å². The molecule has 0 radical (unpaired) electrons. The van der Waals surface area contributed by atoms with Crippen LogP contribution in [0.5, 0.6) is 0 Å². The minimum Gasteiger partial charge on any atom is -0.329 e. The molecule has 0 atom stereocenters. The van der Waals surface area contributed by atoms with Crippen molar-refractivity contribution in [2.45, 2.75) is 13.1 Å². The second-order valence-corrected chi connectivity index (χ2v) is 9.92. The van der Waals surface area contributed by atoms with Gasteiger partial charge in [-0.1, -0.05) is 35.7 Å². The van der Waals surface area contributed by atoms with Crippen molar-refractivity contribution in [3.8, 4) is 0 Å². The standard InChI is InChI=1S/C5H14INSi/c1-7(2)8(3,4)5-6/h5H2,1-4H3. The van der Waals surface area contributed by atoms with Gasteiger partial charge in [-0.15, -0.1) is 0 Å². The smallest absolute Gasteiger partial charge is 0.131 e. The maximum Gasteiger partial charge on any atom is 0.131 e. The topological polar surface area (TPSA) is 3.24 Å². The van der Waals surface area contributed by atoms with Crippen molar-refractivity contribution in [2.24, 2.45) is 0 Å². The van der Waals surface area contributed by atoms with Gasteiger partial charge in [0.15, 0.2) is 0 Å². The van der Waals surface area contributed by atoms with Crippen molar-refractivity contribution in [1.29, 1.82) is 0 Å². The van der Waals surface area contributed by atoms with E-state index in [1.165, 1.54) is 4.05 Å². The van der Waals surface area contributed by atoms with Crippen LogP contribution in [0, 0.1) is 0 Å². The summed E-state index contributed by atoms with van der Waals surface area (Å²) in [5.74, 6) is 0. The molecule has 0 unspecified atom stereocenters. The van der Waals surface area contributed by atoms with Gasteiger partial charge in [-0.05, 0) is 14.1 Å². The molecule has 3 heteroatoms. The fraction of sp³-hybridized carbons (Fsp3) is 1.00. The van der Waals surface area contributed by atoms with Crippen molar-refractivity contribution in [1.82, 2.24) is 4.57 Å². The highest BCUT2D eigenvalue weighted by Gasteiger charge is 2.20. The SMILES string of the molecule is CN(C)[Si](C)(C)CI. The number of alkyl halides is 1. The van der Waals surface area contributed by atoms with Gasteiger partial charge in [0.25, 0.3) is 0 Å². The summed E-state index contributed by atoms with van der Waals surface area (Å²) in [6.07, 6.45) is 0. The van der Waals surface area contributed by atoms with Crippen LogP contribution in [0.25, 0.3) is 0 Å². The number of hydrogen-bond acceptors (Lipinski definition) is 1. The van der Waals surface area contributed by atoms with E-state index >= 15 is 0 Å². The van der Waals surface area contributed by atoms with E-state index in [0.29, 0.717) is 0 Å². The van der Waals surface area contributed by atoms with E-state index in [1.54, 1.807) is 0 Å². The van der Waals surface area contributed by atoms with E-state index < -0.39 is 8.24 Å². The fourth-order valence-electron chi connectivity index (χ4n) is 0.120. The number of rotatable bonds is 2. The van der Waals surface area contributed by atoms with E-state index in [4.69, 9.17) is 0 Å². The van der Waals surface area contributed by atoms with Crippen LogP contribution >= 0.6 is 22.6 Å². The summed E-state index contributed by atoms with van der Waals surface area (Å²) in [7, 11) is 3.41. The highest BCUT2D eigenvalue weighted by molar-refractivity contribution is 14.1. The van der Waals surface area contributed by atoms with Crippen LogP contribution < -0.4 is 0 Å². The summed E-state index contributed by atoms with van der Waals surface area (Å²) in [4.78, 5) is 0. The first-order valence-corrected chi connectivity index (χ1v) is 7.42. The highest BCUT2D eigenvalue weighted by atomic mass is 127. The Morgan fingerprint density at radius 1 is 1.38 bits per heavy atom. The molecule has 0 saturated carbocycles. The molecular formula is C5H14INSi. The average molecular weight is 243 g/mol. The molecule has 0 N–H and O–H groups in total. The van der Waals surface area contributed by atoms with Crippen LogP contribution in [-0.2, 0) is 0 Å². The summed E-state index contributed by atoms with van der Waals surface area (Å²) < 4.78 is 3.69. The van der Waals surface area contributed by atoms with Gasteiger partial charge in [0, 0.05) is 4.05 Å². The minimum atomic E-state index is -0.935. The Balaban J connectivity index is 3.71. The first kappa shape index (κ1) is 8.91. The lowest BCUT2D eigenvalue weighted by Crippen LogP contribution is -2.45. The van der Waals surface area contributed by atoms with Gasteiger partial charge in [0.05, 0.1) is 0 Å². The zero-order chi connectivity index (χ0) is 6.78. The maximum atomic E-state index is 2.47. The molecule has 0 aromatic rings. The van der Waals surface area contributed by atoms with Crippen LogP contribution in [0.3, 0.4) is 0 Å². The minimum absolute atomic E-state index is 0.935. The van der Waals surface area contributed by atoms with E-state index in [1.807, 2.05) is 0 Å². The van der Waals surface area contributed by atoms with Crippen LogP contribution in [0.4, 0.5) is 0 Å². The lowest BCUT2D eigenvalue weighted by molar-refractivity contribution is 0.627. The Morgan fingerprint density at radius 3 is 1.75 bits per heavy atom. The van der Waals surface area contributed by atoms with E-state index in [-0.39, 0.29) is 0 Å². The third-order valence-electron chi connectivity index (χ3n) is 1.54. The molecule has 1 nitrogen and oxygen atoms in total. The van der Waals surface area contributed by atoms with Crippen molar-refractivity contribution in [3.63, 3.8) is 0 Å². The van der Waals surface area contributed by atoms with Gasteiger partial charge in [-0.2, -0.15) is 0 Å². The Bertz CT molecular complexity index is 72.8. The molecule has 0 amide bonds. The predicted molar refractivity (Wildman–Crippen MR) is 50.1 cm³/mol. The number of halogens is 1. The van der Waals surface area contributed by atoms with Gasteiger partial charge in [0.2, 0.25) is 0 Å². The Hall–Kier alpha value is 0.907. The van der Waals surface area contributed by atoms with Crippen LogP contribution in [0.15, 0.2) is 0 Å². The van der Waals surface area contributed by atoms with Crippen LogP contribution in [0.2, 0.25) is 13.1 Å². The molecule has 0 bridgehead atoms. The quantitative estimate of drug-likeness (QED) is 0.405. The van der Waals surface area contributed by atoms with Crippen molar-refractivity contribution < 1.29 is 0 Å². The van der Waals surface area contributed by atoms with Crippen molar-refractivity contribution in [3.05, 3.63) is 0 Å². The fourth-order valence-corrected chi connectivity index (χ4v) is 2.41. The van der Waals surface area contributed by atoms with Gasteiger partial charge >= 0.3 is 0 Å². The Morgan fingerprint density at radius 2 is 1.75 bits per heavy atom. The molecule has 0 heterocycles. The summed E-state index contributed by atoms with van der Waals surface area (Å²) >= 11 is 2.47. The Labute approximate surface area is 66.7 Å². The molecule has 0 aliphatic rings. The van der Waals surface area contributed by atoms with Crippen LogP contribution in [-0.4, -0.2) is 30.9 Å². The number of hydrogen-bond donors (Lipinski definition) is 0. The van der Waals surface area contributed by atoms with E-state index in [0.717, 1.165) is 0 Å². The van der Waals surface area contributed by atoms with E-state index in [2.05, 4.69) is 54.3 Å². The number of nitrogens with zero attached hydrogens (tertiary/aromatic N) is 1. The summed E-state index contributed by atoms with van der Waals surface area (Å²) in [5, 5.41) is 0. The first-order valence-electron chi connectivity index (χ1n) is 2.74. The molecular weight excluding hydrogens is 229 g/mol. The molecule has 0 aliphatic heterocycles. The summed E-state index contributed by atoms with van der Waals surface area (Å²) in [6, 6.07) is 0. The zero-order valence-corrected chi connectivity index (χ0v) is 9.19. The molecule has 50 valence electrons. The van der Waals surface area contributed by atoms with E-state index in [9.17, 15) is 0 Å². The van der Waals surface area contributed by atoms with Gasteiger partial charge in [0.1, 0.15) is 8.24 Å². The molecule has 0 spiro atoms. The molecule has 0 aromatic heterocycles. The maximum absolute atomic E-state index is 2.47. The van der Waals surface area contributed by atoms with Crippen molar-refractivity contribution >= 4 is 30.8 Å². The predicted octanol–water partition coefficient (Wildman–Crippen LogP) is 1.73. The summed E-state index contributed by atoms with van der Waals surface area (Å²) in [6.45, 7) is 4.75. The van der Waals surface area contributed by atoms with Crippen LogP contribution in [0.1, 0.15) is 0 Å². The molecule has 0 fully saturated rings. The Kier molecular flexibility index (Phi) is 3.53. The third kappa shape index (κ3) is 2.46. The second kappa shape index (κ2) is 3.17. The normalized spacial score (nSPS) is 12.8. The first-order chi connectivity index (χ1) is 3.50. The van der Waals surface area contributed by atoms with Gasteiger partial charge in [-0.3, -0.25) is 0 Å². The lowest BCUT2D eigenvalue weighted by Gasteiger charge is -2.27.